The summed E-state index contributed by atoms with van der Waals surface area (Å²) >= 11 is 1.04. The molecule has 9 heteroatoms. The lowest BCUT2D eigenvalue weighted by Gasteiger charge is -2.10. The number of hydrogen-bond acceptors (Lipinski definition) is 8. The molecule has 0 aliphatic rings. The van der Waals surface area contributed by atoms with E-state index >= 15 is 0 Å². The van der Waals surface area contributed by atoms with Gasteiger partial charge in [-0.2, -0.15) is 4.37 Å². The van der Waals surface area contributed by atoms with Gasteiger partial charge in [-0.05, 0) is 25.6 Å². The average molecular weight is 308 g/mol. The maximum Gasteiger partial charge on any atom is 0.182 e. The molecule has 0 amide bonds. The average Bonchev–Trinajstić information content (AvgIpc) is 2.64. The van der Waals surface area contributed by atoms with E-state index in [-0.39, 0.29) is 10.7 Å². The van der Waals surface area contributed by atoms with Gasteiger partial charge in [0.1, 0.15) is 9.90 Å². The Bertz CT molecular complexity index is 499. The van der Waals surface area contributed by atoms with Crippen LogP contribution >= 0.6 is 11.5 Å². The molecule has 0 bridgehead atoms. The molecular formula is C10H20N4O3S2. The smallest absolute Gasteiger partial charge is 0.182 e. The van der Waals surface area contributed by atoms with Gasteiger partial charge in [-0.15, -0.1) is 0 Å². The third kappa shape index (κ3) is 5.31. The van der Waals surface area contributed by atoms with Gasteiger partial charge in [0.05, 0.1) is 13.2 Å². The van der Waals surface area contributed by atoms with Crippen molar-refractivity contribution in [3.05, 3.63) is 0 Å². The minimum atomic E-state index is -3.37. The zero-order chi connectivity index (χ0) is 14.5. The van der Waals surface area contributed by atoms with Gasteiger partial charge in [0, 0.05) is 19.3 Å². The van der Waals surface area contributed by atoms with E-state index in [0.29, 0.717) is 24.8 Å². The molecule has 0 saturated heterocycles. The third-order valence-corrected chi connectivity index (χ3v) is 4.36. The molecule has 0 atom stereocenters. The number of rotatable bonds is 8. The molecule has 1 aromatic heterocycles. The predicted molar refractivity (Wildman–Crippen MR) is 77.5 cm³/mol. The van der Waals surface area contributed by atoms with Crippen molar-refractivity contribution in [3.8, 4) is 0 Å². The highest BCUT2D eigenvalue weighted by atomic mass is 32.2. The molecule has 0 radical (unpaired) electrons. The van der Waals surface area contributed by atoms with Crippen LogP contribution in [-0.2, 0) is 14.6 Å². The number of nitrogen functional groups attached to an aromatic ring is 1. The van der Waals surface area contributed by atoms with Crippen LogP contribution in [-0.4, -0.2) is 64.3 Å². The fourth-order valence-corrected chi connectivity index (χ4v) is 3.44. The van der Waals surface area contributed by atoms with Crippen LogP contribution in [0.1, 0.15) is 0 Å². The second-order valence-electron chi connectivity index (χ2n) is 4.34. The van der Waals surface area contributed by atoms with Gasteiger partial charge in [0.25, 0.3) is 0 Å². The van der Waals surface area contributed by atoms with Gasteiger partial charge in [0.15, 0.2) is 15.7 Å². The first-order valence-electron chi connectivity index (χ1n) is 5.74. The van der Waals surface area contributed by atoms with Gasteiger partial charge in [-0.25, -0.2) is 8.42 Å². The zero-order valence-electron chi connectivity index (χ0n) is 11.3. The summed E-state index contributed by atoms with van der Waals surface area (Å²) in [7, 11) is 0.578. The molecule has 19 heavy (non-hydrogen) atoms. The van der Waals surface area contributed by atoms with E-state index in [2.05, 4.69) is 9.69 Å². The highest BCUT2D eigenvalue weighted by molar-refractivity contribution is 7.91. The largest absolute Gasteiger partial charge is 0.382 e. The second-order valence-corrected chi connectivity index (χ2v) is 7.07. The molecule has 0 unspecified atom stereocenters. The number of aromatic nitrogens is 1. The van der Waals surface area contributed by atoms with Crippen molar-refractivity contribution in [3.63, 3.8) is 0 Å². The number of anilines is 2. The lowest BCUT2D eigenvalue weighted by atomic mass is 10.5. The van der Waals surface area contributed by atoms with E-state index in [1.54, 1.807) is 0 Å². The normalized spacial score (nSPS) is 12.0. The van der Waals surface area contributed by atoms with Crippen molar-refractivity contribution in [2.75, 3.05) is 57.7 Å². The van der Waals surface area contributed by atoms with E-state index in [1.807, 2.05) is 19.0 Å². The van der Waals surface area contributed by atoms with E-state index in [4.69, 9.17) is 10.5 Å². The van der Waals surface area contributed by atoms with E-state index in [9.17, 15) is 8.42 Å². The quantitative estimate of drug-likeness (QED) is 0.658. The third-order valence-electron chi connectivity index (χ3n) is 2.26. The lowest BCUT2D eigenvalue weighted by Crippen LogP contribution is -2.20. The van der Waals surface area contributed by atoms with Gasteiger partial charge in [0.2, 0.25) is 0 Å². The maximum atomic E-state index is 11.6. The fourth-order valence-electron chi connectivity index (χ4n) is 1.35. The summed E-state index contributed by atoms with van der Waals surface area (Å²) in [5.41, 5.74) is 5.56. The van der Waals surface area contributed by atoms with Crippen LogP contribution < -0.4 is 11.1 Å². The minimum absolute atomic E-state index is 0.0449. The Hall–Kier alpha value is -0.900. The molecule has 0 aliphatic carbocycles. The summed E-state index contributed by atoms with van der Waals surface area (Å²) in [5, 5.41) is 3.46. The van der Waals surface area contributed by atoms with Gasteiger partial charge >= 0.3 is 0 Å². The Morgan fingerprint density at radius 2 is 2.11 bits per heavy atom. The van der Waals surface area contributed by atoms with Crippen molar-refractivity contribution >= 4 is 32.2 Å². The first-order valence-corrected chi connectivity index (χ1v) is 8.40. The summed E-state index contributed by atoms with van der Waals surface area (Å²) in [4.78, 5) is 2.10. The molecule has 0 aliphatic heterocycles. The summed E-state index contributed by atoms with van der Waals surface area (Å²) in [6.07, 6.45) is 1.12. The first kappa shape index (κ1) is 16.2. The Kier molecular flexibility index (Phi) is 5.98. The van der Waals surface area contributed by atoms with Crippen LogP contribution in [0.2, 0.25) is 0 Å². The van der Waals surface area contributed by atoms with Crippen LogP contribution in [0.25, 0.3) is 0 Å². The zero-order valence-corrected chi connectivity index (χ0v) is 13.0. The molecule has 110 valence electrons. The standard InChI is InChI=1S/C10H20N4O3S2/c1-14(2)5-7-17-6-4-12-10-8(19(3,15)16)9(11)13-18-10/h12H,4-7H2,1-3H3,(H2,11,13). The monoisotopic (exact) mass is 308 g/mol. The van der Waals surface area contributed by atoms with Gasteiger partial charge in [-0.1, -0.05) is 0 Å². The Balaban J connectivity index is 2.43. The summed E-state index contributed by atoms with van der Waals surface area (Å²) < 4.78 is 32.4. The van der Waals surface area contributed by atoms with Crippen LogP contribution in [0.3, 0.4) is 0 Å². The number of sulfone groups is 1. The molecular weight excluding hydrogens is 288 g/mol. The van der Waals surface area contributed by atoms with Crippen molar-refractivity contribution in [2.24, 2.45) is 0 Å². The number of likely N-dealkylation sites (N-methyl/N-ethyl adjacent to an activating group) is 1. The number of hydrogen-bond donors (Lipinski definition) is 2. The summed E-state index contributed by atoms with van der Waals surface area (Å²) in [5.74, 6) is 0.0449. The van der Waals surface area contributed by atoms with Crippen molar-refractivity contribution < 1.29 is 13.2 Å². The molecule has 1 heterocycles. The number of nitrogens with one attached hydrogen (secondary N) is 1. The second kappa shape index (κ2) is 7.04. The molecule has 3 N–H and O–H groups in total. The molecule has 1 aromatic rings. The number of nitrogens with zero attached hydrogens (tertiary/aromatic N) is 2. The molecule has 7 nitrogen and oxygen atoms in total. The Morgan fingerprint density at radius 3 is 2.68 bits per heavy atom. The van der Waals surface area contributed by atoms with Gasteiger partial charge in [-0.3, -0.25) is 0 Å². The minimum Gasteiger partial charge on any atom is -0.382 e. The topological polar surface area (TPSA) is 97.5 Å². The summed E-state index contributed by atoms with van der Waals surface area (Å²) in [6, 6.07) is 0. The van der Waals surface area contributed by atoms with Gasteiger partial charge < -0.3 is 20.7 Å². The highest BCUT2D eigenvalue weighted by Crippen LogP contribution is 2.30. The van der Waals surface area contributed by atoms with E-state index in [0.717, 1.165) is 24.3 Å². The predicted octanol–water partition coefficient (Wildman–Crippen LogP) is 0.119. The van der Waals surface area contributed by atoms with E-state index in [1.165, 1.54) is 0 Å². The number of ether oxygens (including phenoxy) is 1. The summed E-state index contributed by atoms with van der Waals surface area (Å²) in [6.45, 7) is 2.49. The van der Waals surface area contributed by atoms with Crippen LogP contribution in [0.4, 0.5) is 10.8 Å². The molecule has 0 spiro atoms. The van der Waals surface area contributed by atoms with E-state index < -0.39 is 9.84 Å². The highest BCUT2D eigenvalue weighted by Gasteiger charge is 2.20. The Labute approximate surface area is 117 Å². The van der Waals surface area contributed by atoms with Crippen molar-refractivity contribution in [1.82, 2.24) is 9.27 Å². The lowest BCUT2D eigenvalue weighted by molar-refractivity contribution is 0.126. The molecule has 0 fully saturated rings. The first-order chi connectivity index (χ1) is 8.82. The fraction of sp³-hybridized carbons (Fsp3) is 0.700. The van der Waals surface area contributed by atoms with Crippen molar-refractivity contribution in [1.29, 1.82) is 0 Å². The number of nitrogens with two attached hydrogens (primary N) is 1. The maximum absolute atomic E-state index is 11.6. The SMILES string of the molecule is CN(C)CCOCCNc1snc(N)c1S(C)(=O)=O. The van der Waals surface area contributed by atoms with Crippen molar-refractivity contribution in [2.45, 2.75) is 4.90 Å². The Morgan fingerprint density at radius 1 is 1.42 bits per heavy atom. The van der Waals surface area contributed by atoms with Crippen LogP contribution in [0.15, 0.2) is 4.90 Å². The molecule has 1 rings (SSSR count). The molecule has 0 aromatic carbocycles. The molecule has 0 saturated carbocycles. The van der Waals surface area contributed by atoms with Crippen LogP contribution in [0.5, 0.6) is 0 Å². The van der Waals surface area contributed by atoms with Crippen LogP contribution in [0, 0.1) is 0 Å².